The zero-order valence-corrected chi connectivity index (χ0v) is 10.6. The molecule has 0 spiro atoms. The Morgan fingerprint density at radius 3 is 2.43 bits per heavy atom. The van der Waals surface area contributed by atoms with Gasteiger partial charge in [0.05, 0.1) is 24.8 Å². The van der Waals surface area contributed by atoms with Crippen LogP contribution in [0.25, 0.3) is 10.9 Å². The third kappa shape index (κ3) is 2.76. The lowest BCUT2D eigenvalue weighted by Gasteiger charge is -2.17. The van der Waals surface area contributed by atoms with Crippen LogP contribution in [0.4, 0.5) is 8.78 Å². The lowest BCUT2D eigenvalue weighted by molar-refractivity contribution is 0.0656. The molecule has 1 aromatic heterocycles. The van der Waals surface area contributed by atoms with Crippen molar-refractivity contribution in [2.75, 3.05) is 6.61 Å². The van der Waals surface area contributed by atoms with Gasteiger partial charge in [0, 0.05) is 17.5 Å². The molecule has 0 amide bonds. The van der Waals surface area contributed by atoms with E-state index in [4.69, 9.17) is 10.2 Å². The largest absolute Gasteiger partial charge is 0.477 e. The first-order valence-electron chi connectivity index (χ1n) is 5.90. The summed E-state index contributed by atoms with van der Waals surface area (Å²) < 4.78 is 27.5. The number of carboxylic acids is 1. The van der Waals surface area contributed by atoms with Crippen LogP contribution >= 0.6 is 0 Å². The van der Waals surface area contributed by atoms with Crippen molar-refractivity contribution in [2.24, 2.45) is 0 Å². The number of aromatic carboxylic acids is 1. The second kappa shape index (κ2) is 5.58. The molecule has 0 aliphatic carbocycles. The maximum Gasteiger partial charge on any atom is 0.352 e. The smallest absolute Gasteiger partial charge is 0.352 e. The second-order valence-corrected chi connectivity index (χ2v) is 4.43. The van der Waals surface area contributed by atoms with Crippen LogP contribution in [-0.2, 0) is 6.54 Å². The van der Waals surface area contributed by atoms with Crippen LogP contribution in [0.3, 0.4) is 0 Å². The number of nitrogens with zero attached hydrogens (tertiary/aromatic N) is 1. The summed E-state index contributed by atoms with van der Waals surface area (Å²) in [6.45, 7) is -1.05. The lowest BCUT2D eigenvalue weighted by atomic mass is 10.1. The van der Waals surface area contributed by atoms with E-state index in [2.05, 4.69) is 0 Å². The molecule has 21 heavy (non-hydrogen) atoms. The molecule has 0 aliphatic heterocycles. The fourth-order valence-corrected chi connectivity index (χ4v) is 2.01. The molecule has 1 atom stereocenters. The summed E-state index contributed by atoms with van der Waals surface area (Å²) in [7, 11) is 0. The van der Waals surface area contributed by atoms with Crippen molar-refractivity contribution in [3.8, 4) is 0 Å². The van der Waals surface area contributed by atoms with Gasteiger partial charge in [0.2, 0.25) is 0 Å². The Labute approximate surface area is 116 Å². The molecule has 1 aromatic carbocycles. The van der Waals surface area contributed by atoms with Gasteiger partial charge in [-0.15, -0.1) is 0 Å². The van der Waals surface area contributed by atoms with Gasteiger partial charge in [0.1, 0.15) is 5.69 Å². The van der Waals surface area contributed by atoms with Crippen LogP contribution in [0.1, 0.15) is 10.5 Å². The molecule has 1 unspecified atom stereocenters. The maximum absolute atomic E-state index is 13.4. The third-order valence-electron chi connectivity index (χ3n) is 2.98. The van der Waals surface area contributed by atoms with Crippen LogP contribution in [0.15, 0.2) is 23.0 Å². The summed E-state index contributed by atoms with van der Waals surface area (Å²) in [5.74, 6) is -3.96. The number of benzene rings is 1. The molecule has 0 saturated carbocycles. The van der Waals surface area contributed by atoms with E-state index in [1.807, 2.05) is 0 Å². The minimum atomic E-state index is -1.47. The Morgan fingerprint density at radius 2 is 1.86 bits per heavy atom. The van der Waals surface area contributed by atoms with Gasteiger partial charge in [-0.25, -0.2) is 13.6 Å². The van der Waals surface area contributed by atoms with Crippen LogP contribution < -0.4 is 5.43 Å². The average Bonchev–Trinajstić information content (AvgIpc) is 2.43. The molecule has 0 radical (unpaired) electrons. The van der Waals surface area contributed by atoms with E-state index in [0.717, 1.165) is 10.6 Å². The average molecular weight is 299 g/mol. The highest BCUT2D eigenvalue weighted by Gasteiger charge is 2.18. The standard InChI is InChI=1S/C13H11F2NO5/c14-8-1-7-10(2-9(8)15)16(4-6(18)5-17)11(13(20)21)3-12(7)19/h1-3,6,17-18H,4-5H2,(H,20,21). The van der Waals surface area contributed by atoms with E-state index in [1.54, 1.807) is 0 Å². The minimum absolute atomic E-state index is 0.175. The van der Waals surface area contributed by atoms with E-state index in [9.17, 15) is 23.5 Å². The van der Waals surface area contributed by atoms with Gasteiger partial charge in [-0.2, -0.15) is 0 Å². The molecular formula is C13H11F2NO5. The summed E-state index contributed by atoms with van der Waals surface area (Å²) in [5.41, 5.74) is -1.45. The van der Waals surface area contributed by atoms with Crippen LogP contribution in [0, 0.1) is 11.6 Å². The van der Waals surface area contributed by atoms with Crippen LogP contribution in [0.2, 0.25) is 0 Å². The predicted octanol–water partition coefficient (Wildman–Crippen LogP) is 0.331. The number of rotatable bonds is 4. The predicted molar refractivity (Wildman–Crippen MR) is 68.2 cm³/mol. The molecule has 112 valence electrons. The van der Waals surface area contributed by atoms with Crippen molar-refractivity contribution >= 4 is 16.9 Å². The van der Waals surface area contributed by atoms with Gasteiger partial charge in [-0.3, -0.25) is 4.79 Å². The van der Waals surface area contributed by atoms with Gasteiger partial charge in [0.15, 0.2) is 17.1 Å². The number of aromatic nitrogens is 1. The number of pyridine rings is 1. The van der Waals surface area contributed by atoms with Crippen molar-refractivity contribution in [2.45, 2.75) is 12.6 Å². The zero-order chi connectivity index (χ0) is 15.7. The number of hydrogen-bond acceptors (Lipinski definition) is 4. The quantitative estimate of drug-likeness (QED) is 0.755. The van der Waals surface area contributed by atoms with Gasteiger partial charge in [-0.05, 0) is 6.07 Å². The fraction of sp³-hybridized carbons (Fsp3) is 0.231. The molecular weight excluding hydrogens is 288 g/mol. The Morgan fingerprint density at radius 1 is 1.24 bits per heavy atom. The van der Waals surface area contributed by atoms with Gasteiger partial charge in [0.25, 0.3) is 0 Å². The summed E-state index contributed by atoms with van der Waals surface area (Å²) >= 11 is 0. The number of aliphatic hydroxyl groups excluding tert-OH is 2. The highest BCUT2D eigenvalue weighted by atomic mass is 19.2. The number of carbonyl (C=O) groups is 1. The summed E-state index contributed by atoms with van der Waals surface area (Å²) in [4.78, 5) is 23.0. The Bertz CT molecular complexity index is 771. The van der Waals surface area contributed by atoms with E-state index in [-0.39, 0.29) is 17.4 Å². The summed E-state index contributed by atoms with van der Waals surface area (Å²) in [6.07, 6.45) is -1.32. The third-order valence-corrected chi connectivity index (χ3v) is 2.98. The lowest BCUT2D eigenvalue weighted by Crippen LogP contribution is -2.26. The molecule has 0 bridgehead atoms. The van der Waals surface area contributed by atoms with E-state index >= 15 is 0 Å². The number of carboxylic acid groups (broad SMARTS) is 1. The first-order chi connectivity index (χ1) is 9.85. The Balaban J connectivity index is 2.85. The second-order valence-electron chi connectivity index (χ2n) is 4.43. The van der Waals surface area contributed by atoms with Crippen molar-refractivity contribution < 1.29 is 28.9 Å². The monoisotopic (exact) mass is 299 g/mol. The van der Waals surface area contributed by atoms with Gasteiger partial charge >= 0.3 is 5.97 Å². The van der Waals surface area contributed by atoms with Gasteiger partial charge < -0.3 is 19.9 Å². The molecule has 0 aliphatic rings. The maximum atomic E-state index is 13.4. The Hall–Kier alpha value is -2.32. The SMILES string of the molecule is O=C(O)c1cc(=O)c2cc(F)c(F)cc2n1CC(O)CO. The highest BCUT2D eigenvalue weighted by Crippen LogP contribution is 2.18. The number of hydrogen-bond donors (Lipinski definition) is 3. The number of aliphatic hydroxyl groups is 2. The van der Waals surface area contributed by atoms with Crippen LogP contribution in [0.5, 0.6) is 0 Å². The number of halogens is 2. The molecule has 2 rings (SSSR count). The molecule has 3 N–H and O–H groups in total. The first kappa shape index (κ1) is 15.1. The van der Waals surface area contributed by atoms with E-state index in [1.165, 1.54) is 0 Å². The topological polar surface area (TPSA) is 99.8 Å². The minimum Gasteiger partial charge on any atom is -0.477 e. The van der Waals surface area contributed by atoms with Crippen LogP contribution in [-0.4, -0.2) is 38.6 Å². The van der Waals surface area contributed by atoms with Crippen molar-refractivity contribution in [1.29, 1.82) is 0 Å². The summed E-state index contributed by atoms with van der Waals surface area (Å²) in [5, 5.41) is 27.2. The normalized spacial score (nSPS) is 12.6. The van der Waals surface area contributed by atoms with Crippen molar-refractivity contribution in [3.63, 3.8) is 0 Å². The molecule has 6 nitrogen and oxygen atoms in total. The molecule has 8 heteroatoms. The molecule has 0 saturated heterocycles. The first-order valence-corrected chi connectivity index (χ1v) is 5.90. The molecule has 2 aromatic rings. The molecule has 0 fully saturated rings. The highest BCUT2D eigenvalue weighted by molar-refractivity contribution is 5.90. The van der Waals surface area contributed by atoms with Crippen molar-refractivity contribution in [3.05, 3.63) is 45.8 Å². The zero-order valence-electron chi connectivity index (χ0n) is 10.6. The molecule has 1 heterocycles. The van der Waals surface area contributed by atoms with Gasteiger partial charge in [-0.1, -0.05) is 0 Å². The van der Waals surface area contributed by atoms with E-state index in [0.29, 0.717) is 12.1 Å². The number of fused-ring (bicyclic) bond motifs is 1. The fourth-order valence-electron chi connectivity index (χ4n) is 2.01. The Kier molecular flexibility index (Phi) is 4.01. The summed E-state index contributed by atoms with van der Waals surface area (Å²) in [6, 6.07) is 2.11. The van der Waals surface area contributed by atoms with E-state index < -0.39 is 41.4 Å². The van der Waals surface area contributed by atoms with Crippen molar-refractivity contribution in [1.82, 2.24) is 4.57 Å².